The van der Waals surface area contributed by atoms with E-state index in [-0.39, 0.29) is 23.9 Å². The van der Waals surface area contributed by atoms with Crippen molar-refractivity contribution in [3.8, 4) is 5.69 Å². The molecule has 1 unspecified atom stereocenters. The minimum atomic E-state index is -3.55. The zero-order chi connectivity index (χ0) is 21.8. The van der Waals surface area contributed by atoms with Crippen LogP contribution in [-0.2, 0) is 14.8 Å². The van der Waals surface area contributed by atoms with E-state index in [9.17, 15) is 13.2 Å². The predicted molar refractivity (Wildman–Crippen MR) is 116 cm³/mol. The average molecular weight is 459 g/mol. The molecular weight excluding hydrogens is 436 g/mol. The summed E-state index contributed by atoms with van der Waals surface area (Å²) in [6.45, 7) is 3.03. The lowest BCUT2D eigenvalue weighted by atomic mass is 10.3. The Labute approximate surface area is 185 Å². The van der Waals surface area contributed by atoms with Gasteiger partial charge in [-0.1, -0.05) is 48.2 Å². The molecule has 0 aliphatic carbocycles. The molecule has 0 bridgehead atoms. The van der Waals surface area contributed by atoms with Crippen LogP contribution in [0.4, 0.5) is 0 Å². The Morgan fingerprint density at radius 1 is 0.968 bits per heavy atom. The maximum absolute atomic E-state index is 13.0. The number of amides is 1. The van der Waals surface area contributed by atoms with Crippen LogP contribution in [0.1, 0.15) is 6.92 Å². The van der Waals surface area contributed by atoms with Crippen molar-refractivity contribution in [2.75, 3.05) is 26.2 Å². The first kappa shape index (κ1) is 21.5. The van der Waals surface area contributed by atoms with Crippen molar-refractivity contribution in [1.82, 2.24) is 29.4 Å². The minimum Gasteiger partial charge on any atom is -0.339 e. The molecular formula is C20H22N6O3S2. The smallest absolute Gasteiger partial charge is 0.243 e. The van der Waals surface area contributed by atoms with Gasteiger partial charge in [0.25, 0.3) is 0 Å². The lowest BCUT2D eigenvalue weighted by molar-refractivity contribution is -0.131. The highest BCUT2D eigenvalue weighted by Gasteiger charge is 2.32. The van der Waals surface area contributed by atoms with Crippen molar-refractivity contribution in [2.24, 2.45) is 0 Å². The van der Waals surface area contributed by atoms with Gasteiger partial charge in [0.1, 0.15) is 0 Å². The number of nitrogens with zero attached hydrogens (tertiary/aromatic N) is 6. The number of aromatic nitrogens is 4. The molecule has 0 saturated carbocycles. The number of sulfonamides is 1. The van der Waals surface area contributed by atoms with Crippen LogP contribution in [0.2, 0.25) is 0 Å². The molecule has 4 rings (SSSR count). The van der Waals surface area contributed by atoms with E-state index in [1.807, 2.05) is 37.3 Å². The van der Waals surface area contributed by atoms with E-state index >= 15 is 0 Å². The predicted octanol–water partition coefficient (Wildman–Crippen LogP) is 1.68. The van der Waals surface area contributed by atoms with Crippen molar-refractivity contribution < 1.29 is 13.2 Å². The van der Waals surface area contributed by atoms with Gasteiger partial charge in [-0.05, 0) is 41.6 Å². The van der Waals surface area contributed by atoms with Gasteiger partial charge in [-0.2, -0.15) is 8.99 Å². The number of para-hydroxylation sites is 1. The van der Waals surface area contributed by atoms with E-state index in [1.54, 1.807) is 39.9 Å². The van der Waals surface area contributed by atoms with Gasteiger partial charge < -0.3 is 4.90 Å². The summed E-state index contributed by atoms with van der Waals surface area (Å²) in [5.74, 6) is -0.0654. The number of hydrogen-bond acceptors (Lipinski definition) is 7. The number of piperazine rings is 1. The molecule has 1 amide bonds. The molecule has 2 heterocycles. The van der Waals surface area contributed by atoms with Crippen molar-refractivity contribution in [3.05, 3.63) is 60.7 Å². The summed E-state index contributed by atoms with van der Waals surface area (Å²) in [6, 6.07) is 17.8. The molecule has 162 valence electrons. The zero-order valence-corrected chi connectivity index (χ0v) is 18.5. The van der Waals surface area contributed by atoms with E-state index in [4.69, 9.17) is 0 Å². The van der Waals surface area contributed by atoms with Crippen LogP contribution in [0.25, 0.3) is 5.69 Å². The van der Waals surface area contributed by atoms with Crippen LogP contribution in [0, 0.1) is 0 Å². The fourth-order valence-corrected chi connectivity index (χ4v) is 5.67. The molecule has 9 nitrogen and oxygen atoms in total. The third kappa shape index (κ3) is 4.63. The molecule has 0 spiro atoms. The Balaban J connectivity index is 1.38. The summed E-state index contributed by atoms with van der Waals surface area (Å²) in [5.41, 5.74) is 0.814. The lowest BCUT2D eigenvalue weighted by Gasteiger charge is -2.35. The van der Waals surface area contributed by atoms with Crippen LogP contribution in [-0.4, -0.2) is 75.2 Å². The molecule has 1 atom stereocenters. The monoisotopic (exact) mass is 458 g/mol. The zero-order valence-electron chi connectivity index (χ0n) is 16.9. The van der Waals surface area contributed by atoms with Gasteiger partial charge in [-0.25, -0.2) is 8.42 Å². The third-order valence-corrected chi connectivity index (χ3v) is 7.94. The Morgan fingerprint density at radius 3 is 2.23 bits per heavy atom. The van der Waals surface area contributed by atoms with Gasteiger partial charge in [0.05, 0.1) is 15.8 Å². The first-order valence-corrected chi connectivity index (χ1v) is 12.1. The first-order chi connectivity index (χ1) is 15.0. The van der Waals surface area contributed by atoms with Crippen LogP contribution < -0.4 is 0 Å². The van der Waals surface area contributed by atoms with Crippen molar-refractivity contribution >= 4 is 27.7 Å². The first-order valence-electron chi connectivity index (χ1n) is 9.81. The van der Waals surface area contributed by atoms with Gasteiger partial charge in [-0.15, -0.1) is 5.10 Å². The normalized spacial score (nSPS) is 16.2. The molecule has 1 fully saturated rings. The lowest BCUT2D eigenvalue weighted by Crippen LogP contribution is -2.52. The van der Waals surface area contributed by atoms with Gasteiger partial charge in [0.15, 0.2) is 0 Å². The summed E-state index contributed by atoms with van der Waals surface area (Å²) in [7, 11) is -3.55. The maximum Gasteiger partial charge on any atom is 0.243 e. The molecule has 0 N–H and O–H groups in total. The molecule has 1 saturated heterocycles. The number of rotatable bonds is 6. The van der Waals surface area contributed by atoms with Crippen molar-refractivity contribution in [1.29, 1.82) is 0 Å². The second kappa shape index (κ2) is 9.16. The van der Waals surface area contributed by atoms with Gasteiger partial charge >= 0.3 is 0 Å². The molecule has 1 aliphatic heterocycles. The Bertz CT molecular complexity index is 1130. The van der Waals surface area contributed by atoms with Crippen LogP contribution in [0.5, 0.6) is 0 Å². The highest BCUT2D eigenvalue weighted by molar-refractivity contribution is 8.00. The summed E-state index contributed by atoms with van der Waals surface area (Å²) in [5, 5.41) is 11.9. The summed E-state index contributed by atoms with van der Waals surface area (Å²) < 4.78 is 28.6. The molecule has 31 heavy (non-hydrogen) atoms. The molecule has 2 aromatic carbocycles. The van der Waals surface area contributed by atoms with E-state index < -0.39 is 15.3 Å². The number of tetrazole rings is 1. The Hall–Kier alpha value is -2.76. The second-order valence-corrected chi connectivity index (χ2v) is 10.3. The summed E-state index contributed by atoms with van der Waals surface area (Å²) in [4.78, 5) is 14.9. The topological polar surface area (TPSA) is 101 Å². The number of carbonyl (C=O) groups excluding carboxylic acids is 1. The standard InChI is InChI=1S/C20H22N6O3S2/c1-16(30-20-21-22-23-26(20)17-8-4-2-5-9-17)19(27)24-12-14-25(15-13-24)31(28,29)18-10-6-3-7-11-18/h2-11,16H,12-15H2,1H3. The van der Waals surface area contributed by atoms with E-state index in [1.165, 1.54) is 16.1 Å². The number of hydrogen-bond donors (Lipinski definition) is 0. The fourth-order valence-electron chi connectivity index (χ4n) is 3.34. The van der Waals surface area contributed by atoms with Gasteiger partial charge in [-0.3, -0.25) is 4.79 Å². The van der Waals surface area contributed by atoms with E-state index in [2.05, 4.69) is 15.5 Å². The van der Waals surface area contributed by atoms with Crippen molar-refractivity contribution in [2.45, 2.75) is 22.2 Å². The largest absolute Gasteiger partial charge is 0.339 e. The van der Waals surface area contributed by atoms with Crippen LogP contribution in [0.3, 0.4) is 0 Å². The summed E-state index contributed by atoms with van der Waals surface area (Å²) >= 11 is 1.28. The number of carbonyl (C=O) groups is 1. The average Bonchev–Trinajstić information content (AvgIpc) is 3.28. The number of thioether (sulfide) groups is 1. The molecule has 0 radical (unpaired) electrons. The van der Waals surface area contributed by atoms with E-state index in [0.717, 1.165) is 5.69 Å². The summed E-state index contributed by atoms with van der Waals surface area (Å²) in [6.07, 6.45) is 0. The highest BCUT2D eigenvalue weighted by Crippen LogP contribution is 2.25. The Morgan fingerprint density at radius 2 is 1.58 bits per heavy atom. The highest BCUT2D eigenvalue weighted by atomic mass is 32.2. The third-order valence-electron chi connectivity index (χ3n) is 5.00. The second-order valence-electron chi connectivity index (χ2n) is 7.01. The van der Waals surface area contributed by atoms with E-state index in [0.29, 0.717) is 18.2 Å². The van der Waals surface area contributed by atoms with Gasteiger partial charge in [0.2, 0.25) is 21.1 Å². The molecule has 3 aromatic rings. The molecule has 11 heteroatoms. The van der Waals surface area contributed by atoms with Gasteiger partial charge in [0, 0.05) is 26.2 Å². The molecule has 1 aliphatic rings. The SMILES string of the molecule is CC(Sc1nnnn1-c1ccccc1)C(=O)N1CCN(S(=O)(=O)c2ccccc2)CC1. The number of benzene rings is 2. The fraction of sp³-hybridized carbons (Fsp3) is 0.300. The molecule has 1 aromatic heterocycles. The minimum absolute atomic E-state index is 0.0654. The van der Waals surface area contributed by atoms with Crippen molar-refractivity contribution in [3.63, 3.8) is 0 Å². The Kier molecular flexibility index (Phi) is 6.35. The van der Waals surface area contributed by atoms with Crippen LogP contribution >= 0.6 is 11.8 Å². The quantitative estimate of drug-likeness (QED) is 0.518. The van der Waals surface area contributed by atoms with Crippen LogP contribution in [0.15, 0.2) is 70.7 Å². The maximum atomic E-state index is 13.0.